The molecule has 0 saturated carbocycles. The van der Waals surface area contributed by atoms with Crippen LogP contribution in [0.1, 0.15) is 105 Å². The van der Waals surface area contributed by atoms with Crippen LogP contribution in [0.2, 0.25) is 0 Å². The highest BCUT2D eigenvalue weighted by Crippen LogP contribution is 2.20. The smallest absolute Gasteiger partial charge is 0.0443 e. The van der Waals surface area contributed by atoms with Gasteiger partial charge in [0.1, 0.15) is 0 Å². The van der Waals surface area contributed by atoms with Crippen LogP contribution in [0.25, 0.3) is 0 Å². The summed E-state index contributed by atoms with van der Waals surface area (Å²) in [5, 5.41) is 0. The summed E-state index contributed by atoms with van der Waals surface area (Å²) >= 11 is 0. The predicted octanol–water partition coefficient (Wildman–Crippen LogP) is 6.98. The zero-order valence-electron chi connectivity index (χ0n) is 13.6. The molecule has 0 heterocycles. The number of rotatable bonds is 13. The molecule has 110 valence electrons. The van der Waals surface area contributed by atoms with Crippen LogP contribution in [0.3, 0.4) is 0 Å². The Morgan fingerprint density at radius 1 is 0.500 bits per heavy atom. The first-order valence-corrected chi connectivity index (χ1v) is 8.70. The second kappa shape index (κ2) is 13.4. The van der Waals surface area contributed by atoms with Crippen LogP contribution >= 0.6 is 0 Å². The van der Waals surface area contributed by atoms with E-state index in [4.69, 9.17) is 0 Å². The highest BCUT2D eigenvalue weighted by molar-refractivity contribution is 4.58. The Bertz CT molecular complexity index is 150. The van der Waals surface area contributed by atoms with Crippen molar-refractivity contribution in [2.45, 2.75) is 105 Å². The maximum absolute atomic E-state index is 2.45. The van der Waals surface area contributed by atoms with Gasteiger partial charge in [-0.05, 0) is 11.8 Å². The molecule has 0 saturated heterocycles. The summed E-state index contributed by atoms with van der Waals surface area (Å²) in [6.07, 6.45) is 17.3. The van der Waals surface area contributed by atoms with Gasteiger partial charge in [0.25, 0.3) is 0 Å². The van der Waals surface area contributed by atoms with Crippen LogP contribution in [0.15, 0.2) is 0 Å². The lowest BCUT2D eigenvalue weighted by atomic mass is 9.93. The Balaban J connectivity index is 3.24. The van der Waals surface area contributed by atoms with Gasteiger partial charge in [-0.25, -0.2) is 0 Å². The van der Waals surface area contributed by atoms with E-state index in [1.165, 1.54) is 77.0 Å². The molecule has 0 rings (SSSR count). The molecule has 0 nitrogen and oxygen atoms in total. The van der Waals surface area contributed by atoms with Crippen LogP contribution in [-0.4, -0.2) is 0 Å². The average molecular weight is 255 g/mol. The molecule has 0 aromatic carbocycles. The molecule has 0 radical (unpaired) electrons. The van der Waals surface area contributed by atoms with Gasteiger partial charge in [-0.2, -0.15) is 0 Å². The highest BCUT2D eigenvalue weighted by Gasteiger charge is 2.04. The normalized spacial score (nSPS) is 14.7. The van der Waals surface area contributed by atoms with Crippen molar-refractivity contribution in [1.29, 1.82) is 0 Å². The Morgan fingerprint density at radius 3 is 1.61 bits per heavy atom. The average Bonchev–Trinajstić information content (AvgIpc) is 2.34. The quantitative estimate of drug-likeness (QED) is 0.311. The molecule has 0 aromatic rings. The van der Waals surface area contributed by atoms with Crippen LogP contribution < -0.4 is 0 Å². The topological polar surface area (TPSA) is 0 Å². The summed E-state index contributed by atoms with van der Waals surface area (Å²) in [6, 6.07) is 0. The van der Waals surface area contributed by atoms with Gasteiger partial charge in [-0.3, -0.25) is 0 Å². The molecule has 0 aliphatic rings. The molecule has 0 N–H and O–H groups in total. The summed E-state index contributed by atoms with van der Waals surface area (Å²) in [6.45, 7) is 9.47. The van der Waals surface area contributed by atoms with Gasteiger partial charge >= 0.3 is 0 Å². The third-order valence-electron chi connectivity index (χ3n) is 4.23. The Morgan fingerprint density at radius 2 is 1.00 bits per heavy atom. The molecule has 0 fully saturated rings. The number of unbranched alkanes of at least 4 members (excludes halogenated alkanes) is 5. The minimum absolute atomic E-state index is 0.955. The zero-order chi connectivity index (χ0) is 13.6. The van der Waals surface area contributed by atoms with Gasteiger partial charge in [-0.1, -0.05) is 105 Å². The van der Waals surface area contributed by atoms with Gasteiger partial charge in [-0.15, -0.1) is 0 Å². The molecule has 18 heavy (non-hydrogen) atoms. The third kappa shape index (κ3) is 12.5. The Hall–Kier alpha value is 0. The summed E-state index contributed by atoms with van der Waals surface area (Å²) in [4.78, 5) is 0. The van der Waals surface area contributed by atoms with Gasteiger partial charge in [0.2, 0.25) is 0 Å². The maximum atomic E-state index is 2.45. The largest absolute Gasteiger partial charge is 0.0654 e. The standard InChI is InChI=1S/C18H38/c1-5-7-8-9-10-11-14-18(4)16-12-15-17(3)13-6-2/h17-18H,5-16H2,1-4H3. The van der Waals surface area contributed by atoms with Crippen LogP contribution in [0.4, 0.5) is 0 Å². The molecule has 0 heteroatoms. The van der Waals surface area contributed by atoms with Gasteiger partial charge in [0, 0.05) is 0 Å². The summed E-state index contributed by atoms with van der Waals surface area (Å²) in [5.74, 6) is 1.92. The van der Waals surface area contributed by atoms with E-state index in [0.29, 0.717) is 0 Å². The molecule has 0 spiro atoms. The first kappa shape index (κ1) is 18.0. The lowest BCUT2D eigenvalue weighted by molar-refractivity contribution is 0.398. The molecular weight excluding hydrogens is 216 g/mol. The maximum Gasteiger partial charge on any atom is -0.0443 e. The van der Waals surface area contributed by atoms with E-state index >= 15 is 0 Å². The van der Waals surface area contributed by atoms with Crippen molar-refractivity contribution in [3.63, 3.8) is 0 Å². The Labute approximate surface area is 117 Å². The predicted molar refractivity (Wildman–Crippen MR) is 85.1 cm³/mol. The minimum Gasteiger partial charge on any atom is -0.0654 e. The fourth-order valence-electron chi connectivity index (χ4n) is 2.87. The van der Waals surface area contributed by atoms with Crippen LogP contribution in [-0.2, 0) is 0 Å². The lowest BCUT2D eigenvalue weighted by Gasteiger charge is -2.13. The molecule has 2 unspecified atom stereocenters. The second-order valence-corrected chi connectivity index (χ2v) is 6.49. The molecule has 0 aliphatic heterocycles. The Kier molecular flexibility index (Phi) is 13.4. The first-order chi connectivity index (χ1) is 8.70. The lowest BCUT2D eigenvalue weighted by Crippen LogP contribution is -1.98. The molecule has 0 bridgehead atoms. The van der Waals surface area contributed by atoms with E-state index in [1.54, 1.807) is 0 Å². The summed E-state index contributed by atoms with van der Waals surface area (Å²) in [7, 11) is 0. The van der Waals surface area contributed by atoms with Gasteiger partial charge in [0.15, 0.2) is 0 Å². The van der Waals surface area contributed by atoms with Gasteiger partial charge in [0.05, 0.1) is 0 Å². The van der Waals surface area contributed by atoms with Gasteiger partial charge < -0.3 is 0 Å². The van der Waals surface area contributed by atoms with E-state index in [-0.39, 0.29) is 0 Å². The fraction of sp³-hybridized carbons (Fsp3) is 1.00. The SMILES string of the molecule is CCCCCCCCC(C)CCCC(C)CCC. The van der Waals surface area contributed by atoms with Crippen LogP contribution in [0, 0.1) is 11.8 Å². The fourth-order valence-corrected chi connectivity index (χ4v) is 2.87. The van der Waals surface area contributed by atoms with Crippen molar-refractivity contribution in [2.24, 2.45) is 11.8 Å². The number of hydrogen-bond acceptors (Lipinski definition) is 0. The third-order valence-corrected chi connectivity index (χ3v) is 4.23. The zero-order valence-corrected chi connectivity index (χ0v) is 13.6. The van der Waals surface area contributed by atoms with Crippen molar-refractivity contribution in [2.75, 3.05) is 0 Å². The van der Waals surface area contributed by atoms with E-state index in [1.807, 2.05) is 0 Å². The highest BCUT2D eigenvalue weighted by atomic mass is 14.1. The molecular formula is C18H38. The molecule has 0 aromatic heterocycles. The van der Waals surface area contributed by atoms with E-state index in [9.17, 15) is 0 Å². The van der Waals surface area contributed by atoms with E-state index in [2.05, 4.69) is 27.7 Å². The molecule has 0 amide bonds. The first-order valence-electron chi connectivity index (χ1n) is 8.70. The van der Waals surface area contributed by atoms with E-state index in [0.717, 1.165) is 11.8 Å². The number of hydrogen-bond donors (Lipinski definition) is 0. The van der Waals surface area contributed by atoms with Crippen molar-refractivity contribution in [3.05, 3.63) is 0 Å². The molecule has 2 atom stereocenters. The summed E-state index contributed by atoms with van der Waals surface area (Å²) < 4.78 is 0. The van der Waals surface area contributed by atoms with Crippen molar-refractivity contribution in [1.82, 2.24) is 0 Å². The van der Waals surface area contributed by atoms with Crippen LogP contribution in [0.5, 0.6) is 0 Å². The minimum atomic E-state index is 0.955. The van der Waals surface area contributed by atoms with E-state index < -0.39 is 0 Å². The summed E-state index contributed by atoms with van der Waals surface area (Å²) in [5.41, 5.74) is 0. The molecule has 0 aliphatic carbocycles. The van der Waals surface area contributed by atoms with Crippen molar-refractivity contribution in [3.8, 4) is 0 Å². The van der Waals surface area contributed by atoms with Crippen molar-refractivity contribution >= 4 is 0 Å². The van der Waals surface area contributed by atoms with Crippen molar-refractivity contribution < 1.29 is 0 Å². The monoisotopic (exact) mass is 254 g/mol. The second-order valence-electron chi connectivity index (χ2n) is 6.49.